The van der Waals surface area contributed by atoms with Crippen molar-refractivity contribution in [3.05, 3.63) is 35.3 Å². The molecule has 0 saturated carbocycles. The van der Waals surface area contributed by atoms with Crippen molar-refractivity contribution in [1.29, 1.82) is 0 Å². The summed E-state index contributed by atoms with van der Waals surface area (Å²) in [6.45, 7) is 2.41. The topological polar surface area (TPSA) is 112 Å². The maximum absolute atomic E-state index is 12.4. The predicted octanol–water partition coefficient (Wildman–Crippen LogP) is 2.11. The molecule has 8 nitrogen and oxygen atoms in total. The number of aliphatic hydroxyl groups excluding tert-OH is 1. The number of fused-ring (bicyclic) bond motifs is 1. The van der Waals surface area contributed by atoms with Crippen LogP contribution in [0.15, 0.2) is 40.2 Å². The van der Waals surface area contributed by atoms with E-state index in [1.54, 1.807) is 42.8 Å². The Morgan fingerprint density at radius 3 is 2.90 bits per heavy atom. The number of aliphatic hydroxyl groups is 1. The summed E-state index contributed by atoms with van der Waals surface area (Å²) in [5.74, 6) is 0.305. The Kier molecular flexibility index (Phi) is 6.05. The zero-order valence-electron chi connectivity index (χ0n) is 15.9. The number of aromatic nitrogens is 1. The lowest BCUT2D eigenvalue weighted by Gasteiger charge is -2.44. The van der Waals surface area contributed by atoms with Crippen molar-refractivity contribution in [2.45, 2.75) is 48.1 Å². The van der Waals surface area contributed by atoms with E-state index in [-0.39, 0.29) is 23.1 Å². The molecule has 4 rings (SSSR count). The molecule has 2 saturated heterocycles. The van der Waals surface area contributed by atoms with Gasteiger partial charge in [0.15, 0.2) is 0 Å². The molecule has 1 aromatic heterocycles. The van der Waals surface area contributed by atoms with Gasteiger partial charge in [-0.2, -0.15) is 0 Å². The molecule has 0 spiro atoms. The van der Waals surface area contributed by atoms with Crippen molar-refractivity contribution in [2.75, 3.05) is 12.3 Å². The molecule has 0 unspecified atom stereocenters. The minimum absolute atomic E-state index is 0.129. The molecular weight excluding hydrogens is 414 g/mol. The van der Waals surface area contributed by atoms with Gasteiger partial charge in [-0.1, -0.05) is 0 Å². The Labute approximate surface area is 177 Å². The summed E-state index contributed by atoms with van der Waals surface area (Å²) in [5.41, 5.74) is 0. The van der Waals surface area contributed by atoms with Crippen LogP contribution in [0.2, 0.25) is 0 Å². The second kappa shape index (κ2) is 8.55. The van der Waals surface area contributed by atoms with Crippen LogP contribution in [0, 0.1) is 5.92 Å². The van der Waals surface area contributed by atoms with E-state index in [1.807, 2.05) is 12.1 Å². The zero-order chi connectivity index (χ0) is 20.5. The molecule has 0 radical (unpaired) electrons. The Bertz CT molecular complexity index is 819. The average molecular weight is 438 g/mol. The fraction of sp³-hybridized carbons (Fsp3) is 0.526. The number of carbonyl (C=O) groups is 2. The number of pyridine rings is 1. The minimum atomic E-state index is -1.43. The lowest BCUT2D eigenvalue weighted by molar-refractivity contribution is -0.160. The summed E-state index contributed by atoms with van der Waals surface area (Å²) < 4.78 is 4.97. The molecule has 3 N–H and O–H groups in total. The summed E-state index contributed by atoms with van der Waals surface area (Å²) in [5, 5.41) is 22.8. The normalized spacial score (nSPS) is 29.6. The number of β-lactam (4-membered cyclic amide) rings is 1. The number of amides is 1. The first-order chi connectivity index (χ1) is 13.9. The first kappa shape index (κ1) is 20.5. The molecule has 4 heterocycles. The number of thioether (sulfide) groups is 2. The van der Waals surface area contributed by atoms with Gasteiger partial charge < -0.3 is 20.3 Å². The van der Waals surface area contributed by atoms with E-state index < -0.39 is 18.2 Å². The maximum atomic E-state index is 12.4. The Hall–Kier alpha value is -1.75. The SMILES string of the molecule is C[C@@H](O)[C@H]1C(=O)N2C(OC(=O)O)=C(S[C@@H]3CN[C@H](CSc4ccncc4)C3)C[C@H]12. The lowest BCUT2D eigenvalue weighted by atomic mass is 9.84. The van der Waals surface area contributed by atoms with Gasteiger partial charge in [-0.3, -0.25) is 14.7 Å². The summed E-state index contributed by atoms with van der Waals surface area (Å²) >= 11 is 3.37. The number of hydrogen-bond acceptors (Lipinski definition) is 8. The molecule has 156 valence electrons. The van der Waals surface area contributed by atoms with Crippen molar-refractivity contribution in [1.82, 2.24) is 15.2 Å². The molecule has 0 bridgehead atoms. The number of carbonyl (C=O) groups excluding carboxylic acids is 1. The average Bonchev–Trinajstić information content (AvgIpc) is 3.23. The van der Waals surface area contributed by atoms with Gasteiger partial charge in [-0.15, -0.1) is 23.5 Å². The van der Waals surface area contributed by atoms with Crippen LogP contribution in [-0.4, -0.2) is 67.9 Å². The van der Waals surface area contributed by atoms with Crippen molar-refractivity contribution < 1.29 is 24.5 Å². The number of carboxylic acid groups (broad SMARTS) is 1. The number of ether oxygens (including phenoxy) is 1. The van der Waals surface area contributed by atoms with Gasteiger partial charge >= 0.3 is 6.16 Å². The third kappa shape index (κ3) is 4.25. The van der Waals surface area contributed by atoms with Crippen LogP contribution in [0.4, 0.5) is 4.79 Å². The molecule has 3 aliphatic heterocycles. The van der Waals surface area contributed by atoms with Crippen molar-refractivity contribution in [3.63, 3.8) is 0 Å². The summed E-state index contributed by atoms with van der Waals surface area (Å²) in [6.07, 6.45) is 2.85. The van der Waals surface area contributed by atoms with Gasteiger partial charge in [0.2, 0.25) is 11.8 Å². The highest BCUT2D eigenvalue weighted by Crippen LogP contribution is 2.49. The van der Waals surface area contributed by atoms with Gasteiger partial charge in [0.05, 0.1) is 18.1 Å². The molecule has 0 aliphatic carbocycles. The van der Waals surface area contributed by atoms with Gasteiger partial charge in [-0.25, -0.2) is 4.79 Å². The number of nitrogens with one attached hydrogen (secondary N) is 1. The van der Waals surface area contributed by atoms with E-state index in [4.69, 9.17) is 9.84 Å². The molecule has 2 fully saturated rings. The standard InChI is InChI=1S/C19H23N3O5S2/c1-10(23)16-14-7-15(18(27-19(25)26)22(14)17(16)24)29-13-6-11(21-8-13)9-28-12-2-4-20-5-3-12/h2-5,10-11,13-14,16,21,23H,6-9H2,1H3,(H,25,26)/t10-,11+,13+,14-,16-/m1/s1. The molecular formula is C19H23N3O5S2. The van der Waals surface area contributed by atoms with Crippen LogP contribution in [0.5, 0.6) is 0 Å². The third-order valence-electron chi connectivity index (χ3n) is 5.42. The first-order valence-electron chi connectivity index (χ1n) is 9.52. The minimum Gasteiger partial charge on any atom is -0.449 e. The van der Waals surface area contributed by atoms with E-state index in [1.165, 1.54) is 9.80 Å². The monoisotopic (exact) mass is 437 g/mol. The fourth-order valence-corrected chi connectivity index (χ4v) is 6.47. The highest BCUT2D eigenvalue weighted by atomic mass is 32.2. The molecule has 10 heteroatoms. The van der Waals surface area contributed by atoms with Gasteiger partial charge in [0.1, 0.15) is 0 Å². The largest absolute Gasteiger partial charge is 0.512 e. The fourth-order valence-electron chi connectivity index (χ4n) is 4.09. The van der Waals surface area contributed by atoms with Crippen molar-refractivity contribution in [3.8, 4) is 0 Å². The Balaban J connectivity index is 1.37. The van der Waals surface area contributed by atoms with E-state index in [0.29, 0.717) is 12.5 Å². The van der Waals surface area contributed by atoms with E-state index >= 15 is 0 Å². The quantitative estimate of drug-likeness (QED) is 0.335. The molecule has 0 aromatic carbocycles. The molecule has 29 heavy (non-hydrogen) atoms. The molecule has 1 aromatic rings. The molecule has 1 amide bonds. The van der Waals surface area contributed by atoms with Gasteiger partial charge in [-0.05, 0) is 25.5 Å². The van der Waals surface area contributed by atoms with Crippen LogP contribution >= 0.6 is 23.5 Å². The zero-order valence-corrected chi connectivity index (χ0v) is 17.5. The number of nitrogens with zero attached hydrogens (tertiary/aromatic N) is 2. The number of hydrogen-bond donors (Lipinski definition) is 3. The predicted molar refractivity (Wildman–Crippen MR) is 109 cm³/mol. The maximum Gasteiger partial charge on any atom is 0.512 e. The lowest BCUT2D eigenvalue weighted by Crippen LogP contribution is -2.61. The van der Waals surface area contributed by atoms with Crippen LogP contribution in [0.1, 0.15) is 19.8 Å². The molecule has 3 aliphatic rings. The third-order valence-corrected chi connectivity index (χ3v) is 7.91. The van der Waals surface area contributed by atoms with E-state index in [9.17, 15) is 14.7 Å². The summed E-state index contributed by atoms with van der Waals surface area (Å²) in [4.78, 5) is 30.9. The molecule has 5 atom stereocenters. The van der Waals surface area contributed by atoms with Crippen LogP contribution in [0.3, 0.4) is 0 Å². The first-order valence-corrected chi connectivity index (χ1v) is 11.4. The van der Waals surface area contributed by atoms with E-state index in [2.05, 4.69) is 10.3 Å². The summed E-state index contributed by atoms with van der Waals surface area (Å²) in [6, 6.07) is 4.13. The smallest absolute Gasteiger partial charge is 0.449 e. The van der Waals surface area contributed by atoms with E-state index in [0.717, 1.165) is 23.6 Å². The highest BCUT2D eigenvalue weighted by molar-refractivity contribution is 8.03. The Morgan fingerprint density at radius 1 is 1.45 bits per heavy atom. The highest BCUT2D eigenvalue weighted by Gasteiger charge is 2.57. The number of rotatable bonds is 7. The van der Waals surface area contributed by atoms with Gasteiger partial charge in [0, 0.05) is 52.2 Å². The van der Waals surface area contributed by atoms with Crippen LogP contribution in [0.25, 0.3) is 0 Å². The van der Waals surface area contributed by atoms with Gasteiger partial charge in [0.25, 0.3) is 0 Å². The van der Waals surface area contributed by atoms with Crippen molar-refractivity contribution in [2.24, 2.45) is 5.92 Å². The van der Waals surface area contributed by atoms with Crippen LogP contribution < -0.4 is 5.32 Å². The Morgan fingerprint density at radius 2 is 2.21 bits per heavy atom. The van der Waals surface area contributed by atoms with Crippen molar-refractivity contribution >= 4 is 35.6 Å². The van der Waals surface area contributed by atoms with Crippen LogP contribution in [-0.2, 0) is 9.53 Å². The summed E-state index contributed by atoms with van der Waals surface area (Å²) in [7, 11) is 0. The second-order valence-corrected chi connectivity index (χ2v) is 9.91. The second-order valence-electron chi connectivity index (χ2n) is 7.42.